The minimum Gasteiger partial charge on any atom is -0.348 e. The van der Waals surface area contributed by atoms with E-state index in [2.05, 4.69) is 32.3 Å². The summed E-state index contributed by atoms with van der Waals surface area (Å²) in [6.07, 6.45) is 4.84. The van der Waals surface area contributed by atoms with E-state index < -0.39 is 0 Å². The van der Waals surface area contributed by atoms with Gasteiger partial charge in [0.25, 0.3) is 0 Å². The van der Waals surface area contributed by atoms with Gasteiger partial charge in [-0.2, -0.15) is 0 Å². The standard InChI is InChI=1S/C12H18N6/c1-3-5-18(10-7-13-8-10)11-12-16-15-9(2)17(12)6-4-14-11/h4,6,10,13H,3,5,7-8H2,1-2H3. The topological polar surface area (TPSA) is 58.4 Å². The van der Waals surface area contributed by atoms with Crippen molar-refractivity contribution >= 4 is 11.5 Å². The largest absolute Gasteiger partial charge is 0.348 e. The number of hydrogen-bond acceptors (Lipinski definition) is 5. The third-order valence-corrected chi connectivity index (χ3v) is 3.42. The van der Waals surface area contributed by atoms with E-state index in [1.165, 1.54) is 0 Å². The summed E-state index contributed by atoms with van der Waals surface area (Å²) in [6, 6.07) is 0.528. The molecule has 0 spiro atoms. The van der Waals surface area contributed by atoms with E-state index >= 15 is 0 Å². The molecule has 1 aliphatic heterocycles. The van der Waals surface area contributed by atoms with Crippen LogP contribution in [0.15, 0.2) is 12.4 Å². The first kappa shape index (κ1) is 11.4. The molecule has 0 aromatic carbocycles. The normalized spacial score (nSPS) is 15.9. The molecular formula is C12H18N6. The first-order chi connectivity index (χ1) is 8.81. The monoisotopic (exact) mass is 246 g/mol. The van der Waals surface area contributed by atoms with E-state index in [9.17, 15) is 0 Å². The number of fused-ring (bicyclic) bond motifs is 1. The Morgan fingerprint density at radius 1 is 1.44 bits per heavy atom. The van der Waals surface area contributed by atoms with Crippen LogP contribution in [0.1, 0.15) is 19.2 Å². The van der Waals surface area contributed by atoms with E-state index in [1.807, 2.05) is 23.7 Å². The van der Waals surface area contributed by atoms with Crippen molar-refractivity contribution in [2.24, 2.45) is 0 Å². The summed E-state index contributed by atoms with van der Waals surface area (Å²) in [5.74, 6) is 1.85. The second kappa shape index (κ2) is 4.53. The van der Waals surface area contributed by atoms with Gasteiger partial charge in [-0.25, -0.2) is 4.98 Å². The summed E-state index contributed by atoms with van der Waals surface area (Å²) in [5.41, 5.74) is 0.857. The Bertz CT molecular complexity index is 544. The molecule has 6 nitrogen and oxygen atoms in total. The molecule has 1 saturated heterocycles. The third kappa shape index (κ3) is 1.73. The molecule has 1 aliphatic rings. The maximum atomic E-state index is 4.52. The van der Waals surface area contributed by atoms with Gasteiger partial charge in [-0.1, -0.05) is 6.92 Å². The van der Waals surface area contributed by atoms with Crippen molar-refractivity contribution in [3.63, 3.8) is 0 Å². The molecule has 0 radical (unpaired) electrons. The Labute approximate surface area is 106 Å². The lowest BCUT2D eigenvalue weighted by molar-refractivity contribution is 0.411. The van der Waals surface area contributed by atoms with Crippen LogP contribution < -0.4 is 10.2 Å². The number of aromatic nitrogens is 4. The molecule has 0 atom stereocenters. The van der Waals surface area contributed by atoms with Gasteiger partial charge in [0.2, 0.25) is 5.65 Å². The van der Waals surface area contributed by atoms with E-state index in [0.717, 1.165) is 43.3 Å². The number of aryl methyl sites for hydroxylation is 1. The minimum absolute atomic E-state index is 0.528. The second-order valence-corrected chi connectivity index (χ2v) is 4.70. The Hall–Kier alpha value is -1.69. The molecule has 0 unspecified atom stereocenters. The van der Waals surface area contributed by atoms with Gasteiger partial charge in [-0.3, -0.25) is 4.40 Å². The predicted molar refractivity (Wildman–Crippen MR) is 69.8 cm³/mol. The van der Waals surface area contributed by atoms with Crippen molar-refractivity contribution < 1.29 is 0 Å². The number of anilines is 1. The van der Waals surface area contributed by atoms with E-state index in [0.29, 0.717) is 6.04 Å². The average molecular weight is 246 g/mol. The molecule has 6 heteroatoms. The molecule has 1 N–H and O–H groups in total. The van der Waals surface area contributed by atoms with Crippen molar-refractivity contribution in [3.05, 3.63) is 18.2 Å². The highest BCUT2D eigenvalue weighted by Crippen LogP contribution is 2.21. The van der Waals surface area contributed by atoms with Crippen molar-refractivity contribution in [3.8, 4) is 0 Å². The summed E-state index contributed by atoms with van der Waals surface area (Å²) in [7, 11) is 0. The first-order valence-electron chi connectivity index (χ1n) is 6.45. The number of rotatable bonds is 4. The third-order valence-electron chi connectivity index (χ3n) is 3.42. The van der Waals surface area contributed by atoms with Crippen LogP contribution >= 0.6 is 0 Å². The number of nitrogens with one attached hydrogen (secondary N) is 1. The zero-order valence-electron chi connectivity index (χ0n) is 10.8. The van der Waals surface area contributed by atoms with Crippen LogP contribution in [0.4, 0.5) is 5.82 Å². The van der Waals surface area contributed by atoms with Gasteiger partial charge in [0.05, 0.1) is 6.04 Å². The Morgan fingerprint density at radius 2 is 2.28 bits per heavy atom. The summed E-state index contributed by atoms with van der Waals surface area (Å²) >= 11 is 0. The summed E-state index contributed by atoms with van der Waals surface area (Å²) in [6.45, 7) is 7.20. The van der Waals surface area contributed by atoms with Gasteiger partial charge in [-0.05, 0) is 13.3 Å². The molecule has 2 aromatic heterocycles. The zero-order valence-corrected chi connectivity index (χ0v) is 10.8. The van der Waals surface area contributed by atoms with E-state index in [1.54, 1.807) is 0 Å². The lowest BCUT2D eigenvalue weighted by Crippen LogP contribution is -2.58. The van der Waals surface area contributed by atoms with Crippen LogP contribution in [-0.2, 0) is 0 Å². The van der Waals surface area contributed by atoms with E-state index in [-0.39, 0.29) is 0 Å². The SMILES string of the molecule is CCCN(c1nccn2c(C)nnc12)C1CNC1. The van der Waals surface area contributed by atoms with Crippen LogP contribution in [0.2, 0.25) is 0 Å². The van der Waals surface area contributed by atoms with Crippen LogP contribution in [-0.4, -0.2) is 45.3 Å². The van der Waals surface area contributed by atoms with Crippen molar-refractivity contribution in [1.29, 1.82) is 0 Å². The smallest absolute Gasteiger partial charge is 0.203 e. The molecule has 0 saturated carbocycles. The molecule has 2 aromatic rings. The zero-order chi connectivity index (χ0) is 12.5. The fraction of sp³-hybridized carbons (Fsp3) is 0.583. The maximum absolute atomic E-state index is 4.52. The number of nitrogens with zero attached hydrogens (tertiary/aromatic N) is 5. The van der Waals surface area contributed by atoms with E-state index in [4.69, 9.17) is 0 Å². The minimum atomic E-state index is 0.528. The molecule has 18 heavy (non-hydrogen) atoms. The van der Waals surface area contributed by atoms with Crippen LogP contribution in [0.25, 0.3) is 5.65 Å². The highest BCUT2D eigenvalue weighted by Gasteiger charge is 2.27. The molecule has 96 valence electrons. The predicted octanol–water partition coefficient (Wildman–Crippen LogP) is 0.621. The maximum Gasteiger partial charge on any atom is 0.203 e. The summed E-state index contributed by atoms with van der Waals surface area (Å²) in [5, 5.41) is 11.7. The molecular weight excluding hydrogens is 228 g/mol. The van der Waals surface area contributed by atoms with Crippen LogP contribution in [0, 0.1) is 6.92 Å². The van der Waals surface area contributed by atoms with Gasteiger partial charge in [-0.15, -0.1) is 10.2 Å². The summed E-state index contributed by atoms with van der Waals surface area (Å²) in [4.78, 5) is 6.86. The Morgan fingerprint density at radius 3 is 2.94 bits per heavy atom. The van der Waals surface area contributed by atoms with Gasteiger partial charge in [0.15, 0.2) is 5.82 Å². The Kier molecular flexibility index (Phi) is 2.87. The molecule has 0 aliphatic carbocycles. The van der Waals surface area contributed by atoms with Crippen molar-refractivity contribution in [1.82, 2.24) is 24.9 Å². The fourth-order valence-corrected chi connectivity index (χ4v) is 2.33. The molecule has 3 rings (SSSR count). The van der Waals surface area contributed by atoms with Gasteiger partial charge in [0, 0.05) is 32.0 Å². The lowest BCUT2D eigenvalue weighted by Gasteiger charge is -2.38. The highest BCUT2D eigenvalue weighted by atomic mass is 15.3. The lowest BCUT2D eigenvalue weighted by atomic mass is 10.1. The molecule has 1 fully saturated rings. The molecule has 3 heterocycles. The van der Waals surface area contributed by atoms with Crippen LogP contribution in [0.5, 0.6) is 0 Å². The first-order valence-corrected chi connectivity index (χ1v) is 6.45. The van der Waals surface area contributed by atoms with Crippen LogP contribution in [0.3, 0.4) is 0 Å². The highest BCUT2D eigenvalue weighted by molar-refractivity contribution is 5.64. The summed E-state index contributed by atoms with van der Waals surface area (Å²) < 4.78 is 2.00. The molecule has 0 amide bonds. The Balaban J connectivity index is 2.04. The van der Waals surface area contributed by atoms with Gasteiger partial charge < -0.3 is 10.2 Å². The molecule has 0 bridgehead atoms. The van der Waals surface area contributed by atoms with Gasteiger partial charge >= 0.3 is 0 Å². The quantitative estimate of drug-likeness (QED) is 0.857. The van der Waals surface area contributed by atoms with Crippen molar-refractivity contribution in [2.45, 2.75) is 26.3 Å². The average Bonchev–Trinajstić information content (AvgIpc) is 2.69. The fourth-order valence-electron chi connectivity index (χ4n) is 2.33. The van der Waals surface area contributed by atoms with Gasteiger partial charge in [0.1, 0.15) is 5.82 Å². The van der Waals surface area contributed by atoms with Crippen molar-refractivity contribution in [2.75, 3.05) is 24.5 Å². The number of hydrogen-bond donors (Lipinski definition) is 1. The second-order valence-electron chi connectivity index (χ2n) is 4.70.